The van der Waals surface area contributed by atoms with E-state index in [0.29, 0.717) is 0 Å². The Morgan fingerprint density at radius 2 is 1.92 bits per heavy atom. The standard InChI is InChI=1S/C18H22N4OS/c1-12-10-13(2)21-18(20-12)24-16-7-5-15(6-8-16)22-17(23)14-4-3-9-19-11-14/h5-8,10,14,19H,3-4,9,11H2,1-2H3,(H,22,23). The Bertz CT molecular complexity index is 691. The Kier molecular flexibility index (Phi) is 5.48. The maximum absolute atomic E-state index is 12.2. The largest absolute Gasteiger partial charge is 0.326 e. The number of benzene rings is 1. The third kappa shape index (κ3) is 4.55. The predicted molar refractivity (Wildman–Crippen MR) is 96.3 cm³/mol. The van der Waals surface area contributed by atoms with Crippen LogP contribution in [0.4, 0.5) is 5.69 Å². The molecule has 0 radical (unpaired) electrons. The molecule has 0 spiro atoms. The number of nitrogens with one attached hydrogen (secondary N) is 2. The first-order valence-corrected chi connectivity index (χ1v) is 9.03. The molecule has 1 amide bonds. The molecule has 126 valence electrons. The first kappa shape index (κ1) is 16.9. The third-order valence-electron chi connectivity index (χ3n) is 3.96. The van der Waals surface area contributed by atoms with Crippen molar-refractivity contribution in [2.24, 2.45) is 5.92 Å². The Morgan fingerprint density at radius 1 is 1.21 bits per heavy atom. The van der Waals surface area contributed by atoms with Crippen LogP contribution in [-0.2, 0) is 4.79 Å². The molecule has 24 heavy (non-hydrogen) atoms. The molecule has 1 aliphatic rings. The fourth-order valence-corrected chi connectivity index (χ4v) is 3.63. The van der Waals surface area contributed by atoms with Crippen LogP contribution in [0.5, 0.6) is 0 Å². The van der Waals surface area contributed by atoms with Gasteiger partial charge in [-0.25, -0.2) is 9.97 Å². The first-order valence-electron chi connectivity index (χ1n) is 8.22. The number of aryl methyl sites for hydroxylation is 2. The quantitative estimate of drug-likeness (QED) is 0.836. The molecule has 2 heterocycles. The van der Waals surface area contributed by atoms with Crippen LogP contribution in [0.1, 0.15) is 24.2 Å². The molecule has 2 aromatic rings. The van der Waals surface area contributed by atoms with E-state index in [4.69, 9.17) is 0 Å². The van der Waals surface area contributed by atoms with Crippen molar-refractivity contribution in [1.82, 2.24) is 15.3 Å². The van der Waals surface area contributed by atoms with E-state index in [1.807, 2.05) is 44.2 Å². The molecular formula is C18H22N4OS. The van der Waals surface area contributed by atoms with Gasteiger partial charge in [-0.1, -0.05) is 0 Å². The molecule has 1 unspecified atom stereocenters. The van der Waals surface area contributed by atoms with E-state index in [0.717, 1.165) is 53.1 Å². The molecule has 1 aromatic carbocycles. The summed E-state index contributed by atoms with van der Waals surface area (Å²) in [7, 11) is 0. The van der Waals surface area contributed by atoms with Gasteiger partial charge in [-0.15, -0.1) is 0 Å². The van der Waals surface area contributed by atoms with Crippen molar-refractivity contribution in [2.45, 2.75) is 36.7 Å². The van der Waals surface area contributed by atoms with Crippen LogP contribution in [0.3, 0.4) is 0 Å². The minimum atomic E-state index is 0.0662. The molecule has 1 atom stereocenters. The van der Waals surface area contributed by atoms with E-state index < -0.39 is 0 Å². The highest BCUT2D eigenvalue weighted by molar-refractivity contribution is 7.99. The van der Waals surface area contributed by atoms with Crippen molar-refractivity contribution in [1.29, 1.82) is 0 Å². The number of rotatable bonds is 4. The molecule has 1 aliphatic heterocycles. The fraction of sp³-hybridized carbons (Fsp3) is 0.389. The molecule has 0 saturated carbocycles. The fourth-order valence-electron chi connectivity index (χ4n) is 2.77. The topological polar surface area (TPSA) is 66.9 Å². The number of amides is 1. The van der Waals surface area contributed by atoms with Crippen molar-refractivity contribution in [3.8, 4) is 0 Å². The zero-order valence-electron chi connectivity index (χ0n) is 14.0. The van der Waals surface area contributed by atoms with Crippen LogP contribution < -0.4 is 10.6 Å². The van der Waals surface area contributed by atoms with Gasteiger partial charge in [-0.05, 0) is 75.3 Å². The molecule has 2 N–H and O–H groups in total. The van der Waals surface area contributed by atoms with Gasteiger partial charge in [0.1, 0.15) is 0 Å². The highest BCUT2D eigenvalue weighted by atomic mass is 32.2. The van der Waals surface area contributed by atoms with Crippen molar-refractivity contribution in [3.63, 3.8) is 0 Å². The normalized spacial score (nSPS) is 17.5. The minimum Gasteiger partial charge on any atom is -0.326 e. The predicted octanol–water partition coefficient (Wildman–Crippen LogP) is 3.18. The Hall–Kier alpha value is -1.92. The molecule has 1 fully saturated rings. The van der Waals surface area contributed by atoms with Gasteiger partial charge in [-0.3, -0.25) is 4.79 Å². The van der Waals surface area contributed by atoms with Crippen LogP contribution in [0.25, 0.3) is 0 Å². The molecule has 3 rings (SSSR count). The molecule has 1 aromatic heterocycles. The second-order valence-corrected chi connectivity index (χ2v) is 7.13. The van der Waals surface area contributed by atoms with E-state index in [1.165, 1.54) is 11.8 Å². The SMILES string of the molecule is Cc1cc(C)nc(Sc2ccc(NC(=O)C3CCCNC3)cc2)n1. The first-order chi connectivity index (χ1) is 11.6. The van der Waals surface area contributed by atoms with Crippen LogP contribution in [0.15, 0.2) is 40.4 Å². The number of anilines is 1. The maximum Gasteiger partial charge on any atom is 0.228 e. The number of piperidine rings is 1. The van der Waals surface area contributed by atoms with E-state index in [-0.39, 0.29) is 11.8 Å². The molecule has 6 heteroatoms. The number of hydrogen-bond acceptors (Lipinski definition) is 5. The van der Waals surface area contributed by atoms with Crippen molar-refractivity contribution in [2.75, 3.05) is 18.4 Å². The summed E-state index contributed by atoms with van der Waals surface area (Å²) in [4.78, 5) is 22.2. The van der Waals surface area contributed by atoms with Gasteiger partial charge in [0.05, 0.1) is 5.92 Å². The zero-order chi connectivity index (χ0) is 16.9. The molecule has 1 saturated heterocycles. The van der Waals surface area contributed by atoms with Crippen LogP contribution in [-0.4, -0.2) is 29.0 Å². The Morgan fingerprint density at radius 3 is 2.54 bits per heavy atom. The van der Waals surface area contributed by atoms with Gasteiger partial charge < -0.3 is 10.6 Å². The summed E-state index contributed by atoms with van der Waals surface area (Å²) in [5.74, 6) is 0.164. The number of carbonyl (C=O) groups excluding carboxylic acids is 1. The average Bonchev–Trinajstić information content (AvgIpc) is 2.56. The van der Waals surface area contributed by atoms with Crippen LogP contribution in [0, 0.1) is 19.8 Å². The lowest BCUT2D eigenvalue weighted by molar-refractivity contribution is -0.120. The summed E-state index contributed by atoms with van der Waals surface area (Å²) in [5, 5.41) is 7.02. The van der Waals surface area contributed by atoms with Gasteiger partial charge in [-0.2, -0.15) is 0 Å². The second-order valence-electron chi connectivity index (χ2n) is 6.09. The minimum absolute atomic E-state index is 0.0662. The Balaban J connectivity index is 1.61. The van der Waals surface area contributed by atoms with Gasteiger partial charge in [0.15, 0.2) is 5.16 Å². The summed E-state index contributed by atoms with van der Waals surface area (Å²) in [6.45, 7) is 5.72. The lowest BCUT2D eigenvalue weighted by Crippen LogP contribution is -2.37. The number of aromatic nitrogens is 2. The highest BCUT2D eigenvalue weighted by Crippen LogP contribution is 2.26. The summed E-state index contributed by atoms with van der Waals surface area (Å²) in [6, 6.07) is 9.79. The Labute approximate surface area is 146 Å². The van der Waals surface area contributed by atoms with Gasteiger partial charge in [0, 0.05) is 28.5 Å². The van der Waals surface area contributed by atoms with Crippen molar-refractivity contribution < 1.29 is 4.79 Å². The van der Waals surface area contributed by atoms with Crippen molar-refractivity contribution >= 4 is 23.4 Å². The summed E-state index contributed by atoms with van der Waals surface area (Å²) in [5.41, 5.74) is 2.77. The number of hydrogen-bond donors (Lipinski definition) is 2. The molecule has 0 bridgehead atoms. The highest BCUT2D eigenvalue weighted by Gasteiger charge is 2.20. The summed E-state index contributed by atoms with van der Waals surface area (Å²) in [6.07, 6.45) is 2.01. The lowest BCUT2D eigenvalue weighted by atomic mass is 9.99. The second kappa shape index (κ2) is 7.77. The van der Waals surface area contributed by atoms with E-state index in [2.05, 4.69) is 20.6 Å². The monoisotopic (exact) mass is 342 g/mol. The van der Waals surface area contributed by atoms with Crippen molar-refractivity contribution in [3.05, 3.63) is 41.7 Å². The van der Waals surface area contributed by atoms with Gasteiger partial charge in [0.25, 0.3) is 0 Å². The number of nitrogens with zero attached hydrogens (tertiary/aromatic N) is 2. The van der Waals surface area contributed by atoms with E-state index in [1.54, 1.807) is 0 Å². The molecular weight excluding hydrogens is 320 g/mol. The van der Waals surface area contributed by atoms with Gasteiger partial charge in [0.2, 0.25) is 5.91 Å². The average molecular weight is 342 g/mol. The smallest absolute Gasteiger partial charge is 0.228 e. The van der Waals surface area contributed by atoms with E-state index in [9.17, 15) is 4.79 Å². The zero-order valence-corrected chi connectivity index (χ0v) is 14.8. The summed E-state index contributed by atoms with van der Waals surface area (Å²) < 4.78 is 0. The maximum atomic E-state index is 12.2. The molecule has 0 aliphatic carbocycles. The summed E-state index contributed by atoms with van der Waals surface area (Å²) >= 11 is 1.53. The third-order valence-corrected chi connectivity index (χ3v) is 4.83. The van der Waals surface area contributed by atoms with Crippen LogP contribution in [0.2, 0.25) is 0 Å². The van der Waals surface area contributed by atoms with Crippen LogP contribution >= 0.6 is 11.8 Å². The van der Waals surface area contributed by atoms with E-state index >= 15 is 0 Å². The lowest BCUT2D eigenvalue weighted by Gasteiger charge is -2.21. The van der Waals surface area contributed by atoms with Gasteiger partial charge >= 0.3 is 0 Å². The number of carbonyl (C=O) groups is 1. The molecule has 5 nitrogen and oxygen atoms in total.